The highest BCUT2D eigenvalue weighted by Gasteiger charge is 2.07. The van der Waals surface area contributed by atoms with Crippen LogP contribution in [0.25, 0.3) is 0 Å². The number of hydrogen-bond acceptors (Lipinski definition) is 4. The number of carbonyl (C=O) groups excluding carboxylic acids is 2. The molecule has 0 aliphatic rings. The van der Waals surface area contributed by atoms with Crippen molar-refractivity contribution in [2.45, 2.75) is 6.42 Å². The highest BCUT2D eigenvalue weighted by molar-refractivity contribution is 6.30. The van der Waals surface area contributed by atoms with E-state index in [2.05, 4.69) is 4.74 Å². The lowest BCUT2D eigenvalue weighted by molar-refractivity contribution is -0.142. The summed E-state index contributed by atoms with van der Waals surface area (Å²) in [6.45, 7) is -0.190. The molecule has 1 rings (SSSR count). The van der Waals surface area contributed by atoms with Crippen molar-refractivity contribution in [3.05, 3.63) is 28.8 Å². The molecule has 0 aliphatic heterocycles. The van der Waals surface area contributed by atoms with Crippen LogP contribution in [0.15, 0.2) is 18.2 Å². The second-order valence-electron chi connectivity index (χ2n) is 2.99. The van der Waals surface area contributed by atoms with Crippen molar-refractivity contribution in [3.63, 3.8) is 0 Å². The summed E-state index contributed by atoms with van der Waals surface area (Å²) >= 11 is 5.78. The third kappa shape index (κ3) is 3.55. The molecule has 4 nitrogen and oxygen atoms in total. The minimum atomic E-state index is -0.480. The fourth-order valence-electron chi connectivity index (χ4n) is 1.13. The summed E-state index contributed by atoms with van der Waals surface area (Å²) in [4.78, 5) is 21.3. The fraction of sp³-hybridized carbons (Fsp3) is 0.273. The highest BCUT2D eigenvalue weighted by Crippen LogP contribution is 2.22. The van der Waals surface area contributed by atoms with Crippen LogP contribution in [-0.2, 0) is 20.7 Å². The summed E-state index contributed by atoms with van der Waals surface area (Å²) < 4.78 is 9.64. The Morgan fingerprint density at radius 3 is 2.88 bits per heavy atom. The Morgan fingerprint density at radius 1 is 1.50 bits per heavy atom. The van der Waals surface area contributed by atoms with Gasteiger partial charge < -0.3 is 14.3 Å². The van der Waals surface area contributed by atoms with Gasteiger partial charge in [0.25, 0.3) is 0 Å². The van der Waals surface area contributed by atoms with Crippen molar-refractivity contribution in [2.24, 2.45) is 0 Å². The zero-order valence-corrected chi connectivity index (χ0v) is 9.49. The summed E-state index contributed by atoms with van der Waals surface area (Å²) in [7, 11) is 1.28. The van der Waals surface area contributed by atoms with E-state index >= 15 is 0 Å². The maximum atomic E-state index is 10.9. The van der Waals surface area contributed by atoms with Crippen LogP contribution >= 0.6 is 11.6 Å². The number of ether oxygens (including phenoxy) is 2. The summed E-state index contributed by atoms with van der Waals surface area (Å²) in [5, 5.41) is 0.516. The zero-order valence-electron chi connectivity index (χ0n) is 8.73. The molecule has 0 aromatic heterocycles. The van der Waals surface area contributed by atoms with Crippen LogP contribution in [0.3, 0.4) is 0 Å². The highest BCUT2D eigenvalue weighted by atomic mass is 35.5. The Bertz CT molecular complexity index is 390. The molecular weight excluding hydrogens is 232 g/mol. The molecule has 0 spiro atoms. The predicted octanol–water partition coefficient (Wildman–Crippen LogP) is 1.63. The molecule has 1 aromatic rings. The topological polar surface area (TPSA) is 52.6 Å². The summed E-state index contributed by atoms with van der Waals surface area (Å²) in [6.07, 6.45) is 0.938. The van der Waals surface area contributed by atoms with E-state index in [0.29, 0.717) is 16.3 Å². The van der Waals surface area contributed by atoms with E-state index in [-0.39, 0.29) is 13.0 Å². The van der Waals surface area contributed by atoms with E-state index < -0.39 is 5.97 Å². The van der Waals surface area contributed by atoms with Crippen LogP contribution in [0.2, 0.25) is 5.02 Å². The van der Waals surface area contributed by atoms with Crippen LogP contribution < -0.4 is 4.74 Å². The number of hydrogen-bond donors (Lipinski definition) is 0. The Labute approximate surface area is 98.1 Å². The normalized spacial score (nSPS) is 9.62. The second-order valence-corrected chi connectivity index (χ2v) is 3.42. The lowest BCUT2D eigenvalue weighted by Crippen LogP contribution is -2.13. The van der Waals surface area contributed by atoms with Crippen LogP contribution in [0.5, 0.6) is 5.75 Å². The Hall–Kier alpha value is -1.55. The maximum Gasteiger partial charge on any atom is 0.343 e. The van der Waals surface area contributed by atoms with Gasteiger partial charge in [0, 0.05) is 17.0 Å². The molecule has 0 aliphatic carbocycles. The molecule has 1 aromatic carbocycles. The average molecular weight is 243 g/mol. The smallest absolute Gasteiger partial charge is 0.343 e. The molecule has 0 radical (unpaired) electrons. The van der Waals surface area contributed by atoms with Crippen molar-refractivity contribution in [3.8, 4) is 5.75 Å². The molecule has 16 heavy (non-hydrogen) atoms. The third-order valence-electron chi connectivity index (χ3n) is 1.90. The first kappa shape index (κ1) is 12.5. The molecule has 0 bridgehead atoms. The standard InChI is InChI=1S/C11H11ClO4/c1-15-11(14)7-16-10-3-2-9(12)6-8(10)4-5-13/h2-3,5-6H,4,7H2,1H3. The molecule has 0 saturated heterocycles. The van der Waals surface area contributed by atoms with Crippen molar-refractivity contribution in [2.75, 3.05) is 13.7 Å². The SMILES string of the molecule is COC(=O)COc1ccc(Cl)cc1CC=O. The molecule has 5 heteroatoms. The van der Waals surface area contributed by atoms with Crippen LogP contribution in [0.1, 0.15) is 5.56 Å². The van der Waals surface area contributed by atoms with E-state index in [4.69, 9.17) is 16.3 Å². The van der Waals surface area contributed by atoms with Crippen molar-refractivity contribution >= 4 is 23.9 Å². The zero-order chi connectivity index (χ0) is 12.0. The average Bonchev–Trinajstić information content (AvgIpc) is 2.28. The Kier molecular flexibility index (Phi) is 4.79. The molecule has 0 amide bonds. The number of esters is 1. The number of aldehydes is 1. The van der Waals surface area contributed by atoms with Gasteiger partial charge in [-0.1, -0.05) is 11.6 Å². The minimum Gasteiger partial charge on any atom is -0.482 e. The van der Waals surface area contributed by atoms with Gasteiger partial charge in [0.1, 0.15) is 12.0 Å². The summed E-state index contributed by atoms with van der Waals surface area (Å²) in [6, 6.07) is 4.87. The van der Waals surface area contributed by atoms with Crippen LogP contribution in [0, 0.1) is 0 Å². The van der Waals surface area contributed by atoms with Gasteiger partial charge in [0.15, 0.2) is 6.61 Å². The van der Waals surface area contributed by atoms with E-state index in [1.807, 2.05) is 0 Å². The maximum absolute atomic E-state index is 10.9. The monoisotopic (exact) mass is 242 g/mol. The molecule has 0 N–H and O–H groups in total. The largest absolute Gasteiger partial charge is 0.482 e. The van der Waals surface area contributed by atoms with E-state index in [1.165, 1.54) is 7.11 Å². The molecule has 0 heterocycles. The molecule has 0 saturated carbocycles. The minimum absolute atomic E-state index is 0.190. The number of rotatable bonds is 5. The van der Waals surface area contributed by atoms with E-state index in [0.717, 1.165) is 6.29 Å². The molecule has 0 fully saturated rings. The van der Waals surface area contributed by atoms with Crippen molar-refractivity contribution in [1.82, 2.24) is 0 Å². The van der Waals surface area contributed by atoms with Gasteiger partial charge in [-0.25, -0.2) is 4.79 Å². The summed E-state index contributed by atoms with van der Waals surface area (Å²) in [5.74, 6) is -0.0195. The second kappa shape index (κ2) is 6.12. The number of carbonyl (C=O) groups is 2. The Balaban J connectivity index is 2.77. The van der Waals surface area contributed by atoms with Crippen molar-refractivity contribution < 1.29 is 19.1 Å². The van der Waals surface area contributed by atoms with Gasteiger partial charge in [-0.2, -0.15) is 0 Å². The number of halogens is 1. The van der Waals surface area contributed by atoms with Gasteiger partial charge in [0.2, 0.25) is 0 Å². The fourth-order valence-corrected chi connectivity index (χ4v) is 1.33. The molecule has 0 atom stereocenters. The molecule has 86 valence electrons. The Morgan fingerprint density at radius 2 is 2.25 bits per heavy atom. The van der Waals surface area contributed by atoms with Crippen molar-refractivity contribution in [1.29, 1.82) is 0 Å². The first-order chi connectivity index (χ1) is 7.67. The van der Waals surface area contributed by atoms with Gasteiger partial charge >= 0.3 is 5.97 Å². The third-order valence-corrected chi connectivity index (χ3v) is 2.13. The van der Waals surface area contributed by atoms with Gasteiger partial charge in [-0.05, 0) is 18.2 Å². The van der Waals surface area contributed by atoms with Crippen LogP contribution in [-0.4, -0.2) is 26.0 Å². The summed E-state index contributed by atoms with van der Waals surface area (Å²) in [5.41, 5.74) is 0.645. The first-order valence-corrected chi connectivity index (χ1v) is 4.97. The quantitative estimate of drug-likeness (QED) is 0.582. The molecule has 0 unspecified atom stereocenters. The van der Waals surface area contributed by atoms with Gasteiger partial charge in [-0.3, -0.25) is 0 Å². The predicted molar refractivity (Wildman–Crippen MR) is 58.7 cm³/mol. The van der Waals surface area contributed by atoms with E-state index in [1.54, 1.807) is 18.2 Å². The van der Waals surface area contributed by atoms with Gasteiger partial charge in [-0.15, -0.1) is 0 Å². The van der Waals surface area contributed by atoms with E-state index in [9.17, 15) is 9.59 Å². The molecular formula is C11H11ClO4. The first-order valence-electron chi connectivity index (χ1n) is 4.59. The lowest BCUT2D eigenvalue weighted by atomic mass is 10.1. The lowest BCUT2D eigenvalue weighted by Gasteiger charge is -2.09. The number of methoxy groups -OCH3 is 1. The van der Waals surface area contributed by atoms with Crippen LogP contribution in [0.4, 0.5) is 0 Å². The van der Waals surface area contributed by atoms with Gasteiger partial charge in [0.05, 0.1) is 7.11 Å². The number of benzene rings is 1.